The number of rotatable bonds is 8. The Balaban J connectivity index is 2.02. The zero-order chi connectivity index (χ0) is 17.5. The zero-order valence-corrected chi connectivity index (χ0v) is 15.1. The number of hydrogen-bond acceptors (Lipinski definition) is 3. The van der Waals surface area contributed by atoms with E-state index < -0.39 is 0 Å². The van der Waals surface area contributed by atoms with Crippen LogP contribution in [-0.4, -0.2) is 52.9 Å². The van der Waals surface area contributed by atoms with E-state index in [9.17, 15) is 4.79 Å². The Bertz CT molecular complexity index is 617. The minimum absolute atomic E-state index is 0.142. The fourth-order valence-corrected chi connectivity index (χ4v) is 2.50. The van der Waals surface area contributed by atoms with Crippen LogP contribution in [0.4, 0.5) is 0 Å². The van der Waals surface area contributed by atoms with Gasteiger partial charge in [0.1, 0.15) is 0 Å². The summed E-state index contributed by atoms with van der Waals surface area (Å²) in [6.45, 7) is 6.46. The highest BCUT2D eigenvalue weighted by Gasteiger charge is 2.15. The lowest BCUT2D eigenvalue weighted by atomic mass is 10.0. The third kappa shape index (κ3) is 5.49. The molecule has 2 rings (SSSR count). The van der Waals surface area contributed by atoms with Gasteiger partial charge < -0.3 is 14.8 Å². The summed E-state index contributed by atoms with van der Waals surface area (Å²) in [6.07, 6.45) is 3.85. The molecular weight excluding hydrogens is 300 g/mol. The predicted octanol–water partition coefficient (Wildman–Crippen LogP) is 2.67. The molecule has 0 saturated heterocycles. The van der Waals surface area contributed by atoms with Gasteiger partial charge in [0.25, 0.3) is 0 Å². The minimum atomic E-state index is 0.142. The molecular formula is C19H28N4O. The van der Waals surface area contributed by atoms with E-state index in [0.29, 0.717) is 25.4 Å². The number of nitrogens with zero attached hydrogens (tertiary/aromatic N) is 3. The molecule has 0 unspecified atom stereocenters. The maximum Gasteiger partial charge on any atom is 0.227 e. The molecule has 5 heteroatoms. The van der Waals surface area contributed by atoms with Crippen LogP contribution in [0.1, 0.15) is 36.6 Å². The smallest absolute Gasteiger partial charge is 0.227 e. The highest BCUT2D eigenvalue weighted by molar-refractivity contribution is 5.78. The van der Waals surface area contributed by atoms with E-state index >= 15 is 0 Å². The van der Waals surface area contributed by atoms with Crippen molar-refractivity contribution in [2.45, 2.75) is 32.7 Å². The van der Waals surface area contributed by atoms with Crippen LogP contribution >= 0.6 is 0 Å². The maximum atomic E-state index is 12.7. The Labute approximate surface area is 144 Å². The zero-order valence-electron chi connectivity index (χ0n) is 15.1. The number of benzene rings is 1. The molecule has 5 nitrogen and oxygen atoms in total. The number of likely N-dealkylation sites (N-methyl/N-ethyl adjacent to an activating group) is 1. The molecule has 1 N–H and O–H groups in total. The van der Waals surface area contributed by atoms with Crippen LogP contribution in [0.2, 0.25) is 0 Å². The molecule has 0 atom stereocenters. The summed E-state index contributed by atoms with van der Waals surface area (Å²) >= 11 is 0. The Kier molecular flexibility index (Phi) is 6.55. The van der Waals surface area contributed by atoms with Gasteiger partial charge in [0.2, 0.25) is 5.91 Å². The Morgan fingerprint density at radius 1 is 1.17 bits per heavy atom. The number of carbonyl (C=O) groups is 1. The summed E-state index contributed by atoms with van der Waals surface area (Å²) in [5.74, 6) is 0.649. The van der Waals surface area contributed by atoms with Crippen LogP contribution in [0.3, 0.4) is 0 Å². The van der Waals surface area contributed by atoms with Crippen LogP contribution < -0.4 is 0 Å². The molecule has 24 heavy (non-hydrogen) atoms. The van der Waals surface area contributed by atoms with E-state index in [1.165, 1.54) is 5.56 Å². The number of amides is 1. The highest BCUT2D eigenvalue weighted by Crippen LogP contribution is 2.15. The van der Waals surface area contributed by atoms with Gasteiger partial charge in [-0.05, 0) is 31.1 Å². The second kappa shape index (κ2) is 8.64. The van der Waals surface area contributed by atoms with Crippen molar-refractivity contribution in [2.75, 3.05) is 27.2 Å². The van der Waals surface area contributed by atoms with E-state index in [4.69, 9.17) is 0 Å². The summed E-state index contributed by atoms with van der Waals surface area (Å²) < 4.78 is 0. The molecule has 0 aliphatic heterocycles. The second-order valence-corrected chi connectivity index (χ2v) is 6.77. The van der Waals surface area contributed by atoms with Gasteiger partial charge in [0.15, 0.2) is 0 Å². The molecule has 1 aromatic carbocycles. The van der Waals surface area contributed by atoms with Gasteiger partial charge in [-0.25, -0.2) is 4.98 Å². The third-order valence-corrected chi connectivity index (χ3v) is 4.09. The average Bonchev–Trinajstić information content (AvgIpc) is 3.04. The summed E-state index contributed by atoms with van der Waals surface area (Å²) in [5, 5.41) is 0. The van der Waals surface area contributed by atoms with Gasteiger partial charge in [-0.3, -0.25) is 4.79 Å². The van der Waals surface area contributed by atoms with Crippen LogP contribution in [0, 0.1) is 0 Å². The molecule has 1 amide bonds. The van der Waals surface area contributed by atoms with Crippen molar-refractivity contribution in [1.29, 1.82) is 0 Å². The van der Waals surface area contributed by atoms with Gasteiger partial charge in [0, 0.05) is 19.3 Å². The lowest BCUT2D eigenvalue weighted by molar-refractivity contribution is -0.131. The van der Waals surface area contributed by atoms with E-state index in [-0.39, 0.29) is 5.91 Å². The van der Waals surface area contributed by atoms with Crippen molar-refractivity contribution in [2.24, 2.45) is 0 Å². The van der Waals surface area contributed by atoms with Crippen LogP contribution in [0.5, 0.6) is 0 Å². The second-order valence-electron chi connectivity index (χ2n) is 6.77. The summed E-state index contributed by atoms with van der Waals surface area (Å²) in [4.78, 5) is 23.8. The molecule has 2 aromatic rings. The fraction of sp³-hybridized carbons (Fsp3) is 0.474. The van der Waals surface area contributed by atoms with Crippen molar-refractivity contribution in [1.82, 2.24) is 19.8 Å². The molecule has 0 spiro atoms. The van der Waals surface area contributed by atoms with Crippen LogP contribution in [-0.2, 0) is 17.8 Å². The first-order chi connectivity index (χ1) is 11.5. The van der Waals surface area contributed by atoms with E-state index in [2.05, 4.69) is 53.0 Å². The largest absolute Gasteiger partial charge is 0.347 e. The van der Waals surface area contributed by atoms with E-state index in [0.717, 1.165) is 17.8 Å². The van der Waals surface area contributed by atoms with Crippen molar-refractivity contribution >= 4 is 5.91 Å². The molecule has 0 fully saturated rings. The number of nitrogens with one attached hydrogen (secondary N) is 1. The Morgan fingerprint density at radius 3 is 2.42 bits per heavy atom. The molecule has 0 aliphatic rings. The minimum Gasteiger partial charge on any atom is -0.347 e. The molecule has 1 aromatic heterocycles. The lowest BCUT2D eigenvalue weighted by Crippen LogP contribution is -2.37. The predicted molar refractivity (Wildman–Crippen MR) is 96.8 cm³/mol. The molecule has 0 saturated carbocycles. The highest BCUT2D eigenvalue weighted by atomic mass is 16.2. The average molecular weight is 328 g/mol. The maximum absolute atomic E-state index is 12.7. The Hall–Kier alpha value is -2.14. The van der Waals surface area contributed by atoms with Crippen molar-refractivity contribution in [3.05, 3.63) is 53.6 Å². The van der Waals surface area contributed by atoms with Crippen LogP contribution in [0.15, 0.2) is 36.8 Å². The first-order valence-corrected chi connectivity index (χ1v) is 8.44. The molecule has 0 aliphatic carbocycles. The van der Waals surface area contributed by atoms with Gasteiger partial charge in [-0.15, -0.1) is 0 Å². The summed E-state index contributed by atoms with van der Waals surface area (Å²) in [6, 6.07) is 8.36. The molecule has 0 bridgehead atoms. The number of H-pyrrole nitrogens is 1. The molecule has 1 heterocycles. The van der Waals surface area contributed by atoms with Crippen molar-refractivity contribution in [3.63, 3.8) is 0 Å². The fourth-order valence-electron chi connectivity index (χ4n) is 2.50. The summed E-state index contributed by atoms with van der Waals surface area (Å²) in [5.41, 5.74) is 3.31. The molecule has 130 valence electrons. The topological polar surface area (TPSA) is 52.2 Å². The first kappa shape index (κ1) is 18.2. The van der Waals surface area contributed by atoms with Gasteiger partial charge in [-0.1, -0.05) is 38.1 Å². The lowest BCUT2D eigenvalue weighted by Gasteiger charge is -2.24. The SMILES string of the molecule is CC(C)c1ccc(CC(=O)N(CCN(C)C)Cc2cnc[nH]2)cc1. The quantitative estimate of drug-likeness (QED) is 0.810. The monoisotopic (exact) mass is 328 g/mol. The normalized spacial score (nSPS) is 11.2. The number of aromatic nitrogens is 2. The Morgan fingerprint density at radius 2 is 1.88 bits per heavy atom. The standard InChI is InChI=1S/C19H28N4O/c1-15(2)17-7-5-16(6-8-17)11-19(24)23(10-9-22(3)4)13-18-12-20-14-21-18/h5-8,12,14-15H,9-11,13H2,1-4H3,(H,20,21). The van der Waals surface area contributed by atoms with Crippen molar-refractivity contribution < 1.29 is 4.79 Å². The number of imidazole rings is 1. The van der Waals surface area contributed by atoms with Gasteiger partial charge >= 0.3 is 0 Å². The number of aromatic amines is 1. The number of carbonyl (C=O) groups excluding carboxylic acids is 1. The van der Waals surface area contributed by atoms with Crippen LogP contribution in [0.25, 0.3) is 0 Å². The first-order valence-electron chi connectivity index (χ1n) is 8.44. The van der Waals surface area contributed by atoms with E-state index in [1.807, 2.05) is 19.0 Å². The number of hydrogen-bond donors (Lipinski definition) is 1. The summed E-state index contributed by atoms with van der Waals surface area (Å²) in [7, 11) is 4.03. The molecule has 0 radical (unpaired) electrons. The third-order valence-electron chi connectivity index (χ3n) is 4.09. The van der Waals surface area contributed by atoms with Crippen molar-refractivity contribution in [3.8, 4) is 0 Å². The van der Waals surface area contributed by atoms with Gasteiger partial charge in [-0.2, -0.15) is 0 Å². The van der Waals surface area contributed by atoms with E-state index in [1.54, 1.807) is 12.5 Å². The van der Waals surface area contributed by atoms with Gasteiger partial charge in [0.05, 0.1) is 25.0 Å².